The van der Waals surface area contributed by atoms with Crippen molar-refractivity contribution in [2.75, 3.05) is 31.1 Å². The monoisotopic (exact) mass is 566 g/mol. The molecule has 0 saturated carbocycles. The molecule has 0 aromatic heterocycles. The van der Waals surface area contributed by atoms with Gasteiger partial charge in [-0.15, -0.1) is 0 Å². The molecule has 0 atom stereocenters. The number of aryl methyl sites for hydroxylation is 1. The maximum atomic E-state index is 13.5. The van der Waals surface area contributed by atoms with Crippen molar-refractivity contribution >= 4 is 27.9 Å². The Morgan fingerprint density at radius 3 is 2.15 bits per heavy atom. The number of fused-ring (bicyclic) bond motifs is 3. The second kappa shape index (κ2) is 11.8. The summed E-state index contributed by atoms with van der Waals surface area (Å²) in [6.07, 6.45) is -0.684. The Hall–Kier alpha value is -3.73. The van der Waals surface area contributed by atoms with Gasteiger partial charge in [0.1, 0.15) is 12.2 Å². The molecule has 40 heavy (non-hydrogen) atoms. The molecule has 0 radical (unpaired) electrons. The largest absolute Gasteiger partial charge is 0.459 e. The molecule has 0 bridgehead atoms. The number of rotatable bonds is 9. The van der Waals surface area contributed by atoms with Gasteiger partial charge in [0.15, 0.2) is 0 Å². The Labute approximate surface area is 234 Å². The lowest BCUT2D eigenvalue weighted by atomic mass is 9.98. The summed E-state index contributed by atoms with van der Waals surface area (Å²) in [5.74, 6) is -0.599. The molecule has 3 aromatic rings. The fraction of sp³-hybridized carbons (Fsp3) is 0.333. The van der Waals surface area contributed by atoms with Crippen molar-refractivity contribution in [1.29, 1.82) is 0 Å². The summed E-state index contributed by atoms with van der Waals surface area (Å²) in [5, 5.41) is 2.96. The van der Waals surface area contributed by atoms with Crippen LogP contribution in [0.15, 0.2) is 71.6 Å². The van der Waals surface area contributed by atoms with Gasteiger partial charge in [0, 0.05) is 19.0 Å². The first kappa shape index (κ1) is 29.3. The van der Waals surface area contributed by atoms with E-state index in [0.717, 1.165) is 22.3 Å². The van der Waals surface area contributed by atoms with E-state index >= 15 is 0 Å². The van der Waals surface area contributed by atoms with Crippen molar-refractivity contribution in [2.24, 2.45) is 0 Å². The molecule has 3 aromatic carbocycles. The lowest BCUT2D eigenvalue weighted by molar-refractivity contribution is -0.153. The first-order valence-electron chi connectivity index (χ1n) is 13.0. The number of hydrogen-bond donors (Lipinski definition) is 2. The molecule has 1 aliphatic rings. The van der Waals surface area contributed by atoms with Crippen molar-refractivity contribution < 1.29 is 32.0 Å². The summed E-state index contributed by atoms with van der Waals surface area (Å²) < 4.78 is 44.4. The van der Waals surface area contributed by atoms with Crippen LogP contribution in [0.4, 0.5) is 10.5 Å². The Bertz CT molecular complexity index is 1470. The third-order valence-corrected chi connectivity index (χ3v) is 7.38. The van der Waals surface area contributed by atoms with Crippen LogP contribution < -0.4 is 10.2 Å². The van der Waals surface area contributed by atoms with Crippen molar-refractivity contribution in [3.8, 4) is 11.1 Å². The second-order valence-electron chi connectivity index (χ2n) is 10.6. The van der Waals surface area contributed by atoms with E-state index in [1.807, 2.05) is 48.5 Å². The van der Waals surface area contributed by atoms with Gasteiger partial charge >= 0.3 is 12.1 Å². The quantitative estimate of drug-likeness (QED) is 0.212. The second-order valence-corrected chi connectivity index (χ2v) is 12.1. The summed E-state index contributed by atoms with van der Waals surface area (Å²) in [7, 11) is -4.50. The maximum Gasteiger partial charge on any atom is 0.414 e. The lowest BCUT2D eigenvalue weighted by Gasteiger charge is -2.26. The third kappa shape index (κ3) is 6.88. The Kier molecular flexibility index (Phi) is 8.62. The average Bonchev–Trinajstić information content (AvgIpc) is 3.20. The standard InChI is InChI=1S/C30H34N2O7S/c1-20-13-14-21(40(35,36)37)17-27(20)32(16-15-31-18-28(33)39-30(2,3)4)29(34)38-19-26-24-11-7-5-9-22(24)23-10-6-8-12-25(23)26/h5-14,17,26,31H,15-16,18-19H2,1-4H3,(H,35,36,37). The molecule has 0 aliphatic heterocycles. The van der Waals surface area contributed by atoms with Gasteiger partial charge in [-0.25, -0.2) is 4.79 Å². The van der Waals surface area contributed by atoms with Crippen LogP contribution in [0.1, 0.15) is 43.4 Å². The summed E-state index contributed by atoms with van der Waals surface area (Å²) in [4.78, 5) is 26.6. The molecule has 9 nitrogen and oxygen atoms in total. The molecule has 0 heterocycles. The van der Waals surface area contributed by atoms with Gasteiger partial charge < -0.3 is 14.8 Å². The fourth-order valence-corrected chi connectivity index (χ4v) is 5.28. The van der Waals surface area contributed by atoms with Crippen LogP contribution >= 0.6 is 0 Å². The predicted molar refractivity (Wildman–Crippen MR) is 152 cm³/mol. The van der Waals surface area contributed by atoms with Crippen LogP contribution in [0.3, 0.4) is 0 Å². The Morgan fingerprint density at radius 1 is 0.975 bits per heavy atom. The molecular formula is C30H34N2O7S. The zero-order chi connectivity index (χ0) is 29.1. The minimum atomic E-state index is -4.50. The number of esters is 1. The van der Waals surface area contributed by atoms with Crippen molar-refractivity contribution in [2.45, 2.75) is 44.1 Å². The van der Waals surface area contributed by atoms with E-state index in [2.05, 4.69) is 5.32 Å². The number of amides is 1. The minimum Gasteiger partial charge on any atom is -0.459 e. The van der Waals surface area contributed by atoms with Gasteiger partial charge in [-0.05, 0) is 67.6 Å². The number of carbonyl (C=O) groups is 2. The summed E-state index contributed by atoms with van der Waals surface area (Å²) >= 11 is 0. The number of nitrogens with zero attached hydrogens (tertiary/aromatic N) is 1. The number of ether oxygens (including phenoxy) is 2. The minimum absolute atomic E-state index is 0.0647. The van der Waals surface area contributed by atoms with Crippen molar-refractivity contribution in [3.63, 3.8) is 0 Å². The van der Waals surface area contributed by atoms with Gasteiger partial charge in [0.2, 0.25) is 0 Å². The van der Waals surface area contributed by atoms with Gasteiger partial charge in [-0.2, -0.15) is 8.42 Å². The molecular weight excluding hydrogens is 532 g/mol. The van der Waals surface area contributed by atoms with Crippen LogP contribution in [0.2, 0.25) is 0 Å². The van der Waals surface area contributed by atoms with Gasteiger partial charge in [0.25, 0.3) is 10.1 Å². The predicted octanol–water partition coefficient (Wildman–Crippen LogP) is 4.93. The highest BCUT2D eigenvalue weighted by Gasteiger charge is 2.30. The first-order chi connectivity index (χ1) is 18.8. The van der Waals surface area contributed by atoms with E-state index in [1.54, 1.807) is 27.7 Å². The third-order valence-electron chi connectivity index (χ3n) is 6.53. The molecule has 4 rings (SSSR count). The highest BCUT2D eigenvalue weighted by molar-refractivity contribution is 7.85. The number of nitrogens with one attached hydrogen (secondary N) is 1. The maximum absolute atomic E-state index is 13.5. The van der Waals surface area contributed by atoms with Crippen molar-refractivity contribution in [3.05, 3.63) is 83.4 Å². The van der Waals surface area contributed by atoms with Gasteiger partial charge in [-0.1, -0.05) is 54.6 Å². The number of benzene rings is 3. The van der Waals surface area contributed by atoms with Gasteiger partial charge in [0.05, 0.1) is 17.1 Å². The van der Waals surface area contributed by atoms with Crippen molar-refractivity contribution in [1.82, 2.24) is 5.32 Å². The molecule has 0 fully saturated rings. The fourth-order valence-electron chi connectivity index (χ4n) is 4.78. The number of anilines is 1. The van der Waals surface area contributed by atoms with E-state index < -0.39 is 27.8 Å². The van der Waals surface area contributed by atoms with Gasteiger partial charge in [-0.3, -0.25) is 14.2 Å². The smallest absolute Gasteiger partial charge is 0.414 e. The number of hydrogen-bond acceptors (Lipinski definition) is 7. The molecule has 10 heteroatoms. The first-order valence-corrected chi connectivity index (χ1v) is 14.4. The highest BCUT2D eigenvalue weighted by atomic mass is 32.2. The molecule has 1 aliphatic carbocycles. The SMILES string of the molecule is Cc1ccc(S(=O)(=O)O)cc1N(CCNCC(=O)OC(C)(C)C)C(=O)OCC1c2ccccc2-c2ccccc21. The number of carbonyl (C=O) groups excluding carboxylic acids is 2. The van der Waals surface area contributed by atoms with Crippen LogP contribution in [0, 0.1) is 6.92 Å². The summed E-state index contributed by atoms with van der Waals surface area (Å²) in [6.45, 7) is 7.30. The van der Waals surface area contributed by atoms with E-state index in [9.17, 15) is 22.6 Å². The summed E-state index contributed by atoms with van der Waals surface area (Å²) in [6, 6.07) is 20.0. The molecule has 212 valence electrons. The van der Waals surface area contributed by atoms with E-state index in [-0.39, 0.29) is 42.7 Å². The van der Waals surface area contributed by atoms with Crippen LogP contribution in [0.25, 0.3) is 11.1 Å². The normalized spacial score (nSPS) is 12.9. The Morgan fingerprint density at radius 2 is 1.57 bits per heavy atom. The zero-order valence-corrected chi connectivity index (χ0v) is 23.8. The zero-order valence-electron chi connectivity index (χ0n) is 23.0. The van der Waals surface area contributed by atoms with E-state index in [1.165, 1.54) is 23.1 Å². The van der Waals surface area contributed by atoms with E-state index in [0.29, 0.717) is 5.56 Å². The van der Waals surface area contributed by atoms with Crippen LogP contribution in [-0.2, 0) is 24.4 Å². The Balaban J connectivity index is 1.54. The lowest BCUT2D eigenvalue weighted by Crippen LogP contribution is -2.40. The molecule has 0 unspecified atom stereocenters. The highest BCUT2D eigenvalue weighted by Crippen LogP contribution is 2.44. The van der Waals surface area contributed by atoms with Crippen LogP contribution in [0.5, 0.6) is 0 Å². The van der Waals surface area contributed by atoms with Crippen LogP contribution in [-0.4, -0.2) is 56.9 Å². The van der Waals surface area contributed by atoms with E-state index in [4.69, 9.17) is 9.47 Å². The summed E-state index contributed by atoms with van der Waals surface area (Å²) in [5.41, 5.74) is 4.56. The topological polar surface area (TPSA) is 122 Å². The molecule has 0 saturated heterocycles. The molecule has 0 spiro atoms. The molecule has 1 amide bonds. The molecule has 2 N–H and O–H groups in total. The average molecular weight is 567 g/mol.